The normalized spacial score (nSPS) is 33.2. The van der Waals surface area contributed by atoms with Crippen LogP contribution >= 0.6 is 11.6 Å². The number of benzene rings is 2. The average Bonchev–Trinajstić information content (AvgIpc) is 3.27. The molecule has 2 aromatic rings. The van der Waals surface area contributed by atoms with Gasteiger partial charge in [-0.15, -0.1) is 4.36 Å². The van der Waals surface area contributed by atoms with Crippen LogP contribution in [0.15, 0.2) is 57.8 Å². The van der Waals surface area contributed by atoms with Gasteiger partial charge < -0.3 is 29.2 Å². The largest absolute Gasteiger partial charge is 0.490 e. The van der Waals surface area contributed by atoms with Gasteiger partial charge in [0, 0.05) is 43.8 Å². The van der Waals surface area contributed by atoms with Gasteiger partial charge in [-0.3, -0.25) is 4.79 Å². The van der Waals surface area contributed by atoms with E-state index in [1.54, 1.807) is 46.3 Å². The molecule has 0 aromatic heterocycles. The van der Waals surface area contributed by atoms with E-state index in [4.69, 9.17) is 30.5 Å². The number of nitrogens with one attached hydrogen (secondary N) is 2. The first-order valence-corrected chi connectivity index (χ1v) is 20.9. The number of fused-ring (bicyclic) bond motifs is 4. The summed E-state index contributed by atoms with van der Waals surface area (Å²) in [7, 11) is -0.417. The molecule has 2 aromatic carbocycles. The standard InChI is InChI=1S/C40H53ClN4O7S/c1-39(2)37(46)43-53(48,44-38(47)42-29-11-13-30(49-3)14-12-29)31-15-18-36-34(22-31)45(23-27-9-16-32(27)35(50-4)8-6-20-52-39)24-40(25-51-36)19-5-7-26-21-28(41)10-17-33(26)40/h6,8,10,15,17-18,21-22,27,29-30,32,35H,5,7,9,11-14,16,19-20,23-25H2,1-4H3,(H2,42,43,44,46,47,48)/b8-6+/t27-,29-,30-,32+,35-,40-,53-/m0/s1. The molecule has 0 unspecified atom stereocenters. The van der Waals surface area contributed by atoms with Crippen molar-refractivity contribution in [1.82, 2.24) is 10.0 Å². The van der Waals surface area contributed by atoms with Crippen molar-refractivity contribution in [1.29, 1.82) is 0 Å². The number of aryl methyl sites for hydroxylation is 1. The maximum atomic E-state index is 15.1. The van der Waals surface area contributed by atoms with E-state index >= 15 is 4.21 Å². The van der Waals surface area contributed by atoms with Crippen LogP contribution in [0.2, 0.25) is 5.02 Å². The molecule has 0 saturated heterocycles. The SMILES string of the molecule is CO[C@H]1/C=C/COC(C)(C)C(=O)N=[S@](=O)(NC(=O)N[C@H]2CC[C@H](OC)CC2)c2ccc3c(c2)N(C[C@@H]2CC[C@H]21)C[C@@]1(CCCc2cc(Cl)ccc21)CO3. The molecule has 0 radical (unpaired) electrons. The van der Waals surface area contributed by atoms with E-state index in [-0.39, 0.29) is 41.1 Å². The molecule has 2 heterocycles. The highest BCUT2D eigenvalue weighted by Crippen LogP contribution is 2.47. The van der Waals surface area contributed by atoms with Crippen LogP contribution in [0.1, 0.15) is 76.3 Å². The van der Waals surface area contributed by atoms with Crippen molar-refractivity contribution in [2.24, 2.45) is 16.2 Å². The fourth-order valence-corrected chi connectivity index (χ4v) is 10.6. The van der Waals surface area contributed by atoms with Gasteiger partial charge in [-0.05, 0) is 125 Å². The lowest BCUT2D eigenvalue weighted by atomic mass is 9.68. The molecule has 5 aliphatic rings. The van der Waals surface area contributed by atoms with E-state index in [1.165, 1.54) is 11.1 Å². The van der Waals surface area contributed by atoms with Crippen molar-refractivity contribution < 1.29 is 32.7 Å². The first-order chi connectivity index (χ1) is 25.4. The third-order valence-electron chi connectivity index (χ3n) is 12.1. The lowest BCUT2D eigenvalue weighted by molar-refractivity contribution is -0.137. The van der Waals surface area contributed by atoms with Crippen LogP contribution in [0.3, 0.4) is 0 Å². The molecule has 13 heteroatoms. The van der Waals surface area contributed by atoms with Gasteiger partial charge in [0.25, 0.3) is 5.91 Å². The first-order valence-electron chi connectivity index (χ1n) is 19.0. The van der Waals surface area contributed by atoms with Crippen LogP contribution < -0.4 is 19.7 Å². The summed E-state index contributed by atoms with van der Waals surface area (Å²) >= 11 is 6.48. The Morgan fingerprint density at radius 3 is 2.60 bits per heavy atom. The summed E-state index contributed by atoms with van der Waals surface area (Å²) < 4.78 is 46.3. The van der Waals surface area contributed by atoms with Crippen molar-refractivity contribution in [3.05, 3.63) is 64.7 Å². The highest BCUT2D eigenvalue weighted by atomic mass is 35.5. The summed E-state index contributed by atoms with van der Waals surface area (Å²) in [5.74, 6) is 0.516. The average molecular weight is 769 g/mol. The summed E-state index contributed by atoms with van der Waals surface area (Å²) in [4.78, 5) is 30.0. The molecule has 7 rings (SSSR count). The molecule has 53 heavy (non-hydrogen) atoms. The number of hydrogen-bond acceptors (Lipinski definition) is 8. The Bertz CT molecular complexity index is 1850. The smallest absolute Gasteiger partial charge is 0.327 e. The zero-order valence-electron chi connectivity index (χ0n) is 31.2. The molecule has 1 spiro atoms. The molecule has 288 valence electrons. The number of halogens is 1. The predicted molar refractivity (Wildman–Crippen MR) is 205 cm³/mol. The van der Waals surface area contributed by atoms with Crippen LogP contribution in [0.4, 0.5) is 10.5 Å². The van der Waals surface area contributed by atoms with E-state index < -0.39 is 27.5 Å². The Hall–Kier alpha value is -3.16. The Morgan fingerprint density at radius 1 is 1.06 bits per heavy atom. The quantitative estimate of drug-likeness (QED) is 0.328. The maximum Gasteiger partial charge on any atom is 0.327 e. The molecule has 2 saturated carbocycles. The van der Waals surface area contributed by atoms with Gasteiger partial charge in [0.15, 0.2) is 9.92 Å². The number of carbonyl (C=O) groups excluding carboxylic acids is 2. The number of anilines is 1. The van der Waals surface area contributed by atoms with Gasteiger partial charge in [-0.25, -0.2) is 13.7 Å². The van der Waals surface area contributed by atoms with Crippen molar-refractivity contribution >= 4 is 39.1 Å². The van der Waals surface area contributed by atoms with Gasteiger partial charge in [0.05, 0.1) is 36.0 Å². The van der Waals surface area contributed by atoms with Crippen LogP contribution in [-0.2, 0) is 40.8 Å². The molecule has 2 bridgehead atoms. The van der Waals surface area contributed by atoms with Crippen LogP contribution in [-0.4, -0.2) is 80.5 Å². The second-order valence-corrected chi connectivity index (χ2v) is 18.2. The van der Waals surface area contributed by atoms with Crippen LogP contribution in [0.25, 0.3) is 0 Å². The fraction of sp³-hybridized carbons (Fsp3) is 0.600. The summed E-state index contributed by atoms with van der Waals surface area (Å²) in [5, 5.41) is 3.71. The van der Waals surface area contributed by atoms with Gasteiger partial charge in [-0.1, -0.05) is 29.8 Å². The van der Waals surface area contributed by atoms with Gasteiger partial charge >= 0.3 is 6.03 Å². The van der Waals surface area contributed by atoms with E-state index in [1.807, 2.05) is 18.2 Å². The number of nitrogens with zero attached hydrogens (tertiary/aromatic N) is 2. The predicted octanol–water partition coefficient (Wildman–Crippen LogP) is 6.74. The number of carbonyl (C=O) groups is 2. The molecule has 11 nitrogen and oxygen atoms in total. The van der Waals surface area contributed by atoms with Crippen molar-refractivity contribution in [3.63, 3.8) is 0 Å². The van der Waals surface area contributed by atoms with Crippen LogP contribution in [0.5, 0.6) is 5.75 Å². The lowest BCUT2D eigenvalue weighted by Crippen LogP contribution is -2.49. The van der Waals surface area contributed by atoms with E-state index in [2.05, 4.69) is 31.4 Å². The summed E-state index contributed by atoms with van der Waals surface area (Å²) in [6, 6.07) is 10.7. The monoisotopic (exact) mass is 768 g/mol. The minimum absolute atomic E-state index is 0.111. The van der Waals surface area contributed by atoms with Crippen molar-refractivity contribution in [2.45, 2.75) is 106 Å². The molecular formula is C40H53ClN4O7S. The van der Waals surface area contributed by atoms with Gasteiger partial charge in [0.1, 0.15) is 11.4 Å². The Labute approximate surface area is 318 Å². The highest BCUT2D eigenvalue weighted by molar-refractivity contribution is 7.92. The summed E-state index contributed by atoms with van der Waals surface area (Å²) in [5.41, 5.74) is 1.53. The molecular weight excluding hydrogens is 716 g/mol. The number of hydrogen-bond donors (Lipinski definition) is 2. The lowest BCUT2D eigenvalue weighted by Gasteiger charge is -2.46. The third-order valence-corrected chi connectivity index (χ3v) is 14.1. The number of methoxy groups -OCH3 is 2. The van der Waals surface area contributed by atoms with Gasteiger partial charge in [0.2, 0.25) is 0 Å². The van der Waals surface area contributed by atoms with Crippen molar-refractivity contribution in [2.75, 3.05) is 45.4 Å². The summed E-state index contributed by atoms with van der Waals surface area (Å²) in [6.45, 7) is 5.20. The maximum absolute atomic E-state index is 15.1. The zero-order chi connectivity index (χ0) is 37.4. The number of ether oxygens (including phenoxy) is 4. The zero-order valence-corrected chi connectivity index (χ0v) is 32.8. The molecule has 2 aliphatic heterocycles. The molecule has 3 aliphatic carbocycles. The number of amides is 3. The second-order valence-electron chi connectivity index (χ2n) is 15.9. The third kappa shape index (κ3) is 7.99. The highest BCUT2D eigenvalue weighted by Gasteiger charge is 2.45. The Balaban J connectivity index is 1.30. The number of rotatable bonds is 4. The Morgan fingerprint density at radius 2 is 1.87 bits per heavy atom. The van der Waals surface area contributed by atoms with Crippen molar-refractivity contribution in [3.8, 4) is 5.75 Å². The fourth-order valence-electron chi connectivity index (χ4n) is 8.85. The van der Waals surface area contributed by atoms with Crippen LogP contribution in [0, 0.1) is 11.8 Å². The Kier molecular flexibility index (Phi) is 11.2. The summed E-state index contributed by atoms with van der Waals surface area (Å²) in [6.07, 6.45) is 12.0. The minimum atomic E-state index is -3.85. The molecule has 3 amide bonds. The molecule has 2 N–H and O–H groups in total. The second kappa shape index (κ2) is 15.5. The molecule has 5 atom stereocenters. The van der Waals surface area contributed by atoms with E-state index in [0.717, 1.165) is 75.0 Å². The molecule has 2 fully saturated rings. The topological polar surface area (TPSA) is 128 Å². The number of urea groups is 1. The van der Waals surface area contributed by atoms with E-state index in [9.17, 15) is 9.59 Å². The van der Waals surface area contributed by atoms with E-state index in [0.29, 0.717) is 24.8 Å². The van der Waals surface area contributed by atoms with Gasteiger partial charge in [-0.2, -0.15) is 0 Å². The minimum Gasteiger partial charge on any atom is -0.490 e. The first kappa shape index (κ1) is 38.1.